The van der Waals surface area contributed by atoms with E-state index in [2.05, 4.69) is 60.5 Å². The predicted octanol–water partition coefficient (Wildman–Crippen LogP) is 2.95. The fourth-order valence-electron chi connectivity index (χ4n) is 3.16. The van der Waals surface area contributed by atoms with Crippen LogP contribution in [0.5, 0.6) is 0 Å². The highest BCUT2D eigenvalue weighted by Gasteiger charge is 2.24. The lowest BCUT2D eigenvalue weighted by Crippen LogP contribution is -2.45. The van der Waals surface area contributed by atoms with Crippen molar-refractivity contribution in [3.63, 3.8) is 0 Å². The summed E-state index contributed by atoms with van der Waals surface area (Å²) in [4.78, 5) is 7.31. The van der Waals surface area contributed by atoms with Crippen LogP contribution in [0.1, 0.15) is 35.3 Å². The summed E-state index contributed by atoms with van der Waals surface area (Å²) in [5.41, 5.74) is 5.11. The summed E-state index contributed by atoms with van der Waals surface area (Å²) in [6.45, 7) is 8.56. The Kier molecular flexibility index (Phi) is 4.86. The van der Waals surface area contributed by atoms with E-state index in [1.165, 1.54) is 16.7 Å². The molecular formula is C19H25N3. The number of nitrogens with one attached hydrogen (secondary N) is 1. The number of rotatable bonds is 4. The van der Waals surface area contributed by atoms with Crippen molar-refractivity contribution in [2.75, 3.05) is 26.2 Å². The Morgan fingerprint density at radius 2 is 2.00 bits per heavy atom. The molecule has 1 saturated heterocycles. The van der Waals surface area contributed by atoms with Crippen LogP contribution < -0.4 is 5.32 Å². The largest absolute Gasteiger partial charge is 0.314 e. The third-order valence-electron chi connectivity index (χ3n) is 4.41. The Labute approximate surface area is 133 Å². The Hall–Kier alpha value is -1.71. The lowest BCUT2D eigenvalue weighted by molar-refractivity contribution is 0.195. The minimum absolute atomic E-state index is 0.257. The van der Waals surface area contributed by atoms with Gasteiger partial charge < -0.3 is 5.32 Å². The number of benzene rings is 1. The van der Waals surface area contributed by atoms with E-state index in [1.54, 1.807) is 0 Å². The van der Waals surface area contributed by atoms with E-state index in [4.69, 9.17) is 4.98 Å². The van der Waals surface area contributed by atoms with Gasteiger partial charge in [0.25, 0.3) is 0 Å². The number of aryl methyl sites for hydroxylation is 2. The maximum absolute atomic E-state index is 4.77. The Morgan fingerprint density at radius 3 is 2.64 bits per heavy atom. The first kappa shape index (κ1) is 15.2. The first-order chi connectivity index (χ1) is 10.8. The number of hydrogen-bond donors (Lipinski definition) is 1. The Balaban J connectivity index is 1.97. The molecule has 2 aromatic rings. The zero-order valence-electron chi connectivity index (χ0n) is 13.5. The summed E-state index contributed by atoms with van der Waals surface area (Å²) in [7, 11) is 0. The second kappa shape index (κ2) is 7.03. The van der Waals surface area contributed by atoms with Gasteiger partial charge in [-0.1, -0.05) is 42.8 Å². The number of hydrogen-bond acceptors (Lipinski definition) is 3. The van der Waals surface area contributed by atoms with Crippen LogP contribution in [-0.2, 0) is 6.42 Å². The van der Waals surface area contributed by atoms with Crippen molar-refractivity contribution < 1.29 is 0 Å². The van der Waals surface area contributed by atoms with Gasteiger partial charge in [0.1, 0.15) is 0 Å². The van der Waals surface area contributed by atoms with Gasteiger partial charge in [0.2, 0.25) is 0 Å². The molecule has 3 rings (SSSR count). The normalized spacial score (nSPS) is 17.4. The van der Waals surface area contributed by atoms with Crippen LogP contribution in [0.15, 0.2) is 42.6 Å². The van der Waals surface area contributed by atoms with E-state index in [1.807, 2.05) is 6.20 Å². The standard InChI is InChI=1S/C19H25N3/c1-3-16-7-8-18(21-14-16)19(22-11-9-20-10-12-22)17-6-4-5-15(2)13-17/h4-8,13-14,19-20H,3,9-12H2,1-2H3. The highest BCUT2D eigenvalue weighted by Crippen LogP contribution is 2.28. The summed E-state index contributed by atoms with van der Waals surface area (Å²) in [6.07, 6.45) is 3.07. The van der Waals surface area contributed by atoms with Gasteiger partial charge in [-0.3, -0.25) is 9.88 Å². The average molecular weight is 295 g/mol. The van der Waals surface area contributed by atoms with E-state index >= 15 is 0 Å². The zero-order chi connectivity index (χ0) is 15.4. The third kappa shape index (κ3) is 3.37. The number of nitrogens with zero attached hydrogens (tertiary/aromatic N) is 2. The van der Waals surface area contributed by atoms with Crippen LogP contribution in [0.4, 0.5) is 0 Å². The quantitative estimate of drug-likeness (QED) is 0.940. The molecule has 116 valence electrons. The lowest BCUT2D eigenvalue weighted by atomic mass is 9.98. The topological polar surface area (TPSA) is 28.2 Å². The van der Waals surface area contributed by atoms with Gasteiger partial charge in [-0.25, -0.2) is 0 Å². The average Bonchev–Trinajstić information content (AvgIpc) is 2.57. The molecule has 0 aliphatic carbocycles. The molecule has 0 saturated carbocycles. The molecule has 0 radical (unpaired) electrons. The molecule has 1 aromatic carbocycles. The monoisotopic (exact) mass is 295 g/mol. The molecule has 22 heavy (non-hydrogen) atoms. The molecule has 1 unspecified atom stereocenters. The number of piperazine rings is 1. The van der Waals surface area contributed by atoms with Gasteiger partial charge in [0.05, 0.1) is 11.7 Å². The second-order valence-corrected chi connectivity index (χ2v) is 6.05. The number of pyridine rings is 1. The molecule has 1 aromatic heterocycles. The molecule has 2 heterocycles. The van der Waals surface area contributed by atoms with Crippen molar-refractivity contribution in [1.29, 1.82) is 0 Å². The van der Waals surface area contributed by atoms with E-state index in [-0.39, 0.29) is 6.04 Å². The van der Waals surface area contributed by atoms with Gasteiger partial charge in [-0.05, 0) is 30.5 Å². The van der Waals surface area contributed by atoms with Gasteiger partial charge in [-0.15, -0.1) is 0 Å². The molecule has 1 aliphatic heterocycles. The number of aromatic nitrogens is 1. The van der Waals surface area contributed by atoms with Gasteiger partial charge in [0.15, 0.2) is 0 Å². The molecule has 1 aliphatic rings. The summed E-state index contributed by atoms with van der Waals surface area (Å²) >= 11 is 0. The summed E-state index contributed by atoms with van der Waals surface area (Å²) in [5, 5.41) is 3.44. The zero-order valence-corrected chi connectivity index (χ0v) is 13.5. The van der Waals surface area contributed by atoms with E-state index < -0.39 is 0 Å². The van der Waals surface area contributed by atoms with Crippen molar-refractivity contribution >= 4 is 0 Å². The maximum atomic E-state index is 4.77. The van der Waals surface area contributed by atoms with E-state index in [0.717, 1.165) is 38.3 Å². The summed E-state index contributed by atoms with van der Waals surface area (Å²) < 4.78 is 0. The van der Waals surface area contributed by atoms with Crippen molar-refractivity contribution in [2.24, 2.45) is 0 Å². The molecule has 3 heteroatoms. The highest BCUT2D eigenvalue weighted by atomic mass is 15.2. The minimum atomic E-state index is 0.257. The van der Waals surface area contributed by atoms with Gasteiger partial charge >= 0.3 is 0 Å². The van der Waals surface area contributed by atoms with Crippen LogP contribution >= 0.6 is 0 Å². The molecule has 0 spiro atoms. The molecule has 1 N–H and O–H groups in total. The Bertz CT molecular complexity index is 600. The first-order valence-corrected chi connectivity index (χ1v) is 8.24. The van der Waals surface area contributed by atoms with Crippen LogP contribution in [0.2, 0.25) is 0 Å². The SMILES string of the molecule is CCc1ccc(C(c2cccc(C)c2)N2CCNCC2)nc1. The predicted molar refractivity (Wildman–Crippen MR) is 91.1 cm³/mol. The molecule has 1 atom stereocenters. The van der Waals surface area contributed by atoms with Gasteiger partial charge in [0, 0.05) is 32.4 Å². The van der Waals surface area contributed by atoms with Gasteiger partial charge in [-0.2, -0.15) is 0 Å². The van der Waals surface area contributed by atoms with Crippen molar-refractivity contribution in [2.45, 2.75) is 26.3 Å². The van der Waals surface area contributed by atoms with Crippen molar-refractivity contribution in [3.05, 3.63) is 65.0 Å². The van der Waals surface area contributed by atoms with Crippen LogP contribution in [-0.4, -0.2) is 36.1 Å². The summed E-state index contributed by atoms with van der Waals surface area (Å²) in [5.74, 6) is 0. The third-order valence-corrected chi connectivity index (χ3v) is 4.41. The van der Waals surface area contributed by atoms with Crippen molar-refractivity contribution in [1.82, 2.24) is 15.2 Å². The van der Waals surface area contributed by atoms with E-state index in [9.17, 15) is 0 Å². The fourth-order valence-corrected chi connectivity index (χ4v) is 3.16. The minimum Gasteiger partial charge on any atom is -0.314 e. The summed E-state index contributed by atoms with van der Waals surface area (Å²) in [6, 6.07) is 13.5. The molecule has 0 amide bonds. The van der Waals surface area contributed by atoms with Crippen LogP contribution in [0.3, 0.4) is 0 Å². The highest BCUT2D eigenvalue weighted by molar-refractivity contribution is 5.32. The van der Waals surface area contributed by atoms with Crippen LogP contribution in [0, 0.1) is 6.92 Å². The molecule has 3 nitrogen and oxygen atoms in total. The molecule has 1 fully saturated rings. The van der Waals surface area contributed by atoms with Crippen LogP contribution in [0.25, 0.3) is 0 Å². The smallest absolute Gasteiger partial charge is 0.0777 e. The van der Waals surface area contributed by atoms with Crippen molar-refractivity contribution in [3.8, 4) is 0 Å². The first-order valence-electron chi connectivity index (χ1n) is 8.24. The fraction of sp³-hybridized carbons (Fsp3) is 0.421. The molecule has 0 bridgehead atoms. The molecular weight excluding hydrogens is 270 g/mol. The second-order valence-electron chi connectivity index (χ2n) is 6.05. The Morgan fingerprint density at radius 1 is 1.18 bits per heavy atom. The maximum Gasteiger partial charge on any atom is 0.0777 e. The lowest BCUT2D eigenvalue weighted by Gasteiger charge is -2.35. The van der Waals surface area contributed by atoms with E-state index in [0.29, 0.717) is 0 Å².